The first-order valence-corrected chi connectivity index (χ1v) is 6.26. The van der Waals surface area contributed by atoms with Gasteiger partial charge >= 0.3 is 5.97 Å². The Morgan fingerprint density at radius 3 is 2.50 bits per heavy atom. The van der Waals surface area contributed by atoms with Crippen LogP contribution in [0.5, 0.6) is 0 Å². The molecule has 0 aliphatic carbocycles. The summed E-state index contributed by atoms with van der Waals surface area (Å²) in [5.74, 6) is -0.659. The van der Waals surface area contributed by atoms with Crippen LogP contribution in [0.4, 0.5) is 0 Å². The fourth-order valence-electron chi connectivity index (χ4n) is 1.12. The zero-order chi connectivity index (χ0) is 14.0. The molecule has 0 aliphatic rings. The molecule has 0 radical (unpaired) electrons. The van der Waals surface area contributed by atoms with Crippen LogP contribution in [0.15, 0.2) is 0 Å². The Hall–Kier alpha value is -1.14. The highest BCUT2D eigenvalue weighted by Gasteiger charge is 2.22. The van der Waals surface area contributed by atoms with Crippen LogP contribution in [-0.2, 0) is 19.1 Å². The van der Waals surface area contributed by atoms with Crippen LogP contribution >= 0.6 is 0 Å². The van der Waals surface area contributed by atoms with Crippen LogP contribution in [0, 0.1) is 5.92 Å². The summed E-state index contributed by atoms with van der Waals surface area (Å²) in [7, 11) is 0. The highest BCUT2D eigenvalue weighted by Crippen LogP contribution is 1.98. The van der Waals surface area contributed by atoms with Crippen molar-refractivity contribution in [2.45, 2.75) is 33.2 Å². The number of carbonyl (C=O) groups is 2. The van der Waals surface area contributed by atoms with Crippen molar-refractivity contribution in [3.63, 3.8) is 0 Å². The standard InChI is InChI=1S/C12H24N2O4/c1-4-18-12(16)10(13)11(15)14-6-8-17-7-5-9(2)3/h9-10H,4-8,13H2,1-3H3,(H,14,15). The lowest BCUT2D eigenvalue weighted by Crippen LogP contribution is -2.47. The molecule has 1 amide bonds. The summed E-state index contributed by atoms with van der Waals surface area (Å²) in [6.45, 7) is 7.51. The first-order chi connectivity index (χ1) is 8.49. The van der Waals surface area contributed by atoms with E-state index in [-0.39, 0.29) is 6.61 Å². The van der Waals surface area contributed by atoms with Gasteiger partial charge in [-0.2, -0.15) is 0 Å². The summed E-state index contributed by atoms with van der Waals surface area (Å²) in [5.41, 5.74) is 5.40. The molecule has 106 valence electrons. The fourth-order valence-corrected chi connectivity index (χ4v) is 1.12. The SMILES string of the molecule is CCOC(=O)C(N)C(=O)NCCOCCC(C)C. The predicted octanol–water partition coefficient (Wildman–Crippen LogP) is 0.0557. The van der Waals surface area contributed by atoms with E-state index in [4.69, 9.17) is 10.5 Å². The van der Waals surface area contributed by atoms with Crippen LogP contribution in [0.1, 0.15) is 27.2 Å². The zero-order valence-corrected chi connectivity index (χ0v) is 11.4. The van der Waals surface area contributed by atoms with Gasteiger partial charge in [-0.15, -0.1) is 0 Å². The normalized spacial score (nSPS) is 12.3. The number of rotatable bonds is 9. The minimum Gasteiger partial charge on any atom is -0.464 e. The Bertz CT molecular complexity index is 256. The third kappa shape index (κ3) is 8.03. The van der Waals surface area contributed by atoms with Crippen molar-refractivity contribution in [3.05, 3.63) is 0 Å². The van der Waals surface area contributed by atoms with Crippen molar-refractivity contribution in [3.8, 4) is 0 Å². The first-order valence-electron chi connectivity index (χ1n) is 6.26. The molecule has 0 heterocycles. The van der Waals surface area contributed by atoms with Crippen molar-refractivity contribution in [1.29, 1.82) is 0 Å². The maximum Gasteiger partial charge on any atom is 0.332 e. The number of nitrogens with one attached hydrogen (secondary N) is 1. The van der Waals surface area contributed by atoms with Gasteiger partial charge in [0, 0.05) is 13.2 Å². The Balaban J connectivity index is 3.61. The summed E-state index contributed by atoms with van der Waals surface area (Å²) in [6, 6.07) is -1.26. The molecule has 0 fully saturated rings. The van der Waals surface area contributed by atoms with E-state index in [0.29, 0.717) is 25.7 Å². The van der Waals surface area contributed by atoms with Crippen LogP contribution in [0.25, 0.3) is 0 Å². The topological polar surface area (TPSA) is 90.7 Å². The van der Waals surface area contributed by atoms with Gasteiger partial charge in [-0.25, -0.2) is 4.79 Å². The van der Waals surface area contributed by atoms with Crippen molar-refractivity contribution in [2.24, 2.45) is 11.7 Å². The van der Waals surface area contributed by atoms with Crippen LogP contribution in [-0.4, -0.2) is 44.3 Å². The highest BCUT2D eigenvalue weighted by molar-refractivity contribution is 6.01. The van der Waals surface area contributed by atoms with Gasteiger partial charge in [-0.3, -0.25) is 4.79 Å². The first kappa shape index (κ1) is 16.9. The number of amides is 1. The quantitative estimate of drug-likeness (QED) is 0.347. The number of hydrogen-bond donors (Lipinski definition) is 2. The van der Waals surface area contributed by atoms with E-state index < -0.39 is 17.9 Å². The average molecular weight is 260 g/mol. The largest absolute Gasteiger partial charge is 0.464 e. The summed E-state index contributed by atoms with van der Waals surface area (Å²) < 4.78 is 9.95. The van der Waals surface area contributed by atoms with Crippen molar-refractivity contribution < 1.29 is 19.1 Å². The van der Waals surface area contributed by atoms with Gasteiger partial charge in [0.1, 0.15) is 0 Å². The molecule has 0 saturated heterocycles. The minimum atomic E-state index is -1.26. The Morgan fingerprint density at radius 2 is 1.94 bits per heavy atom. The van der Waals surface area contributed by atoms with Crippen molar-refractivity contribution in [1.82, 2.24) is 5.32 Å². The maximum absolute atomic E-state index is 11.4. The van der Waals surface area contributed by atoms with Gasteiger partial charge in [0.25, 0.3) is 0 Å². The van der Waals surface area contributed by atoms with E-state index >= 15 is 0 Å². The van der Waals surface area contributed by atoms with E-state index in [2.05, 4.69) is 23.9 Å². The summed E-state index contributed by atoms with van der Waals surface area (Å²) in [4.78, 5) is 22.6. The number of nitrogens with two attached hydrogens (primary N) is 1. The van der Waals surface area contributed by atoms with Gasteiger partial charge in [0.15, 0.2) is 6.04 Å². The monoisotopic (exact) mass is 260 g/mol. The molecule has 0 aromatic heterocycles. The maximum atomic E-state index is 11.4. The number of ether oxygens (including phenoxy) is 2. The lowest BCUT2D eigenvalue weighted by atomic mass is 10.1. The van der Waals surface area contributed by atoms with Gasteiger partial charge in [-0.05, 0) is 19.3 Å². The van der Waals surface area contributed by atoms with Gasteiger partial charge in [-0.1, -0.05) is 13.8 Å². The fraction of sp³-hybridized carbons (Fsp3) is 0.833. The summed E-state index contributed by atoms with van der Waals surface area (Å²) in [5, 5.41) is 2.52. The zero-order valence-electron chi connectivity index (χ0n) is 11.4. The second-order valence-electron chi connectivity index (χ2n) is 4.32. The van der Waals surface area contributed by atoms with Crippen LogP contribution in [0.3, 0.4) is 0 Å². The molecule has 6 nitrogen and oxygen atoms in total. The van der Waals surface area contributed by atoms with E-state index in [9.17, 15) is 9.59 Å². The molecule has 1 atom stereocenters. The second-order valence-corrected chi connectivity index (χ2v) is 4.32. The molecule has 1 unspecified atom stereocenters. The van der Waals surface area contributed by atoms with Crippen molar-refractivity contribution in [2.75, 3.05) is 26.4 Å². The molecule has 0 aromatic rings. The van der Waals surface area contributed by atoms with E-state index in [1.807, 2.05) is 0 Å². The summed E-state index contributed by atoms with van der Waals surface area (Å²) in [6.07, 6.45) is 0.982. The smallest absolute Gasteiger partial charge is 0.332 e. The molecular weight excluding hydrogens is 236 g/mol. The number of carbonyl (C=O) groups excluding carboxylic acids is 2. The summed E-state index contributed by atoms with van der Waals surface area (Å²) >= 11 is 0. The predicted molar refractivity (Wildman–Crippen MR) is 67.9 cm³/mol. The third-order valence-electron chi connectivity index (χ3n) is 2.21. The molecule has 0 aromatic carbocycles. The van der Waals surface area contributed by atoms with E-state index in [1.165, 1.54) is 0 Å². The van der Waals surface area contributed by atoms with Crippen LogP contribution < -0.4 is 11.1 Å². The van der Waals surface area contributed by atoms with Gasteiger partial charge < -0.3 is 20.5 Å². The molecule has 3 N–H and O–H groups in total. The van der Waals surface area contributed by atoms with E-state index in [1.54, 1.807) is 6.92 Å². The minimum absolute atomic E-state index is 0.206. The van der Waals surface area contributed by atoms with Gasteiger partial charge in [0.05, 0.1) is 13.2 Å². The average Bonchev–Trinajstić information content (AvgIpc) is 2.32. The molecule has 18 heavy (non-hydrogen) atoms. The lowest BCUT2D eigenvalue weighted by molar-refractivity contribution is -0.148. The Morgan fingerprint density at radius 1 is 1.28 bits per heavy atom. The molecule has 0 saturated carbocycles. The molecular formula is C12H24N2O4. The molecule has 0 bridgehead atoms. The third-order valence-corrected chi connectivity index (χ3v) is 2.21. The van der Waals surface area contributed by atoms with Crippen LogP contribution in [0.2, 0.25) is 0 Å². The molecule has 0 aliphatic heterocycles. The van der Waals surface area contributed by atoms with E-state index in [0.717, 1.165) is 6.42 Å². The molecule has 0 spiro atoms. The highest BCUT2D eigenvalue weighted by atomic mass is 16.5. The lowest BCUT2D eigenvalue weighted by Gasteiger charge is -2.11. The Kier molecular flexibility index (Phi) is 9.22. The Labute approximate surface area is 108 Å². The second kappa shape index (κ2) is 9.85. The molecule has 0 rings (SSSR count). The van der Waals surface area contributed by atoms with Gasteiger partial charge in [0.2, 0.25) is 5.91 Å². The number of hydrogen-bond acceptors (Lipinski definition) is 5. The molecule has 6 heteroatoms. The van der Waals surface area contributed by atoms with Crippen molar-refractivity contribution >= 4 is 11.9 Å². The number of esters is 1.